The summed E-state index contributed by atoms with van der Waals surface area (Å²) in [4.78, 5) is 11.4. The highest BCUT2D eigenvalue weighted by Crippen LogP contribution is 2.20. The third-order valence-electron chi connectivity index (χ3n) is 2.55. The maximum atomic E-state index is 13.1. The van der Waals surface area contributed by atoms with Gasteiger partial charge < -0.3 is 19.6 Å². The van der Waals surface area contributed by atoms with Crippen LogP contribution in [0.1, 0.15) is 16.1 Å². The lowest BCUT2D eigenvalue weighted by molar-refractivity contribution is 0.0563. The Labute approximate surface area is 108 Å². The summed E-state index contributed by atoms with van der Waals surface area (Å²) in [6.45, 7) is 0.269. The molecule has 0 aliphatic rings. The molecule has 0 aliphatic heterocycles. The summed E-state index contributed by atoms with van der Waals surface area (Å²) in [7, 11) is 1.26. The van der Waals surface area contributed by atoms with Crippen molar-refractivity contribution in [1.29, 1.82) is 0 Å². The highest BCUT2D eigenvalue weighted by Gasteiger charge is 2.15. The Hall–Kier alpha value is -2.50. The van der Waals surface area contributed by atoms with E-state index >= 15 is 0 Å². The van der Waals surface area contributed by atoms with Crippen molar-refractivity contribution in [3.8, 4) is 5.75 Å². The van der Waals surface area contributed by atoms with Gasteiger partial charge in [0, 0.05) is 23.9 Å². The molecule has 1 heterocycles. The molecule has 0 radical (unpaired) electrons. The molecule has 5 nitrogen and oxygen atoms in total. The fraction of sp³-hybridized carbons (Fsp3) is 0.154. The highest BCUT2D eigenvalue weighted by atomic mass is 19.1. The molecule has 0 unspecified atom stereocenters. The molecule has 0 bridgehead atoms. The van der Waals surface area contributed by atoms with Crippen LogP contribution in [0.2, 0.25) is 0 Å². The second-order valence-corrected chi connectivity index (χ2v) is 3.79. The van der Waals surface area contributed by atoms with E-state index in [4.69, 9.17) is 9.52 Å². The van der Waals surface area contributed by atoms with Gasteiger partial charge in [0.2, 0.25) is 5.76 Å². The van der Waals surface area contributed by atoms with Crippen molar-refractivity contribution in [2.75, 3.05) is 12.4 Å². The third kappa shape index (κ3) is 2.85. The van der Waals surface area contributed by atoms with E-state index < -0.39 is 17.5 Å². The summed E-state index contributed by atoms with van der Waals surface area (Å²) in [5.41, 5.74) is 1.08. The number of carbonyl (C=O) groups excluding carboxylic acids is 1. The number of hydrogen-bond acceptors (Lipinski definition) is 5. The zero-order chi connectivity index (χ0) is 13.8. The van der Waals surface area contributed by atoms with Gasteiger partial charge in [-0.3, -0.25) is 0 Å². The van der Waals surface area contributed by atoms with E-state index in [9.17, 15) is 9.18 Å². The maximum Gasteiger partial charge on any atom is 0.374 e. The van der Waals surface area contributed by atoms with Crippen molar-refractivity contribution >= 4 is 11.7 Å². The van der Waals surface area contributed by atoms with E-state index in [1.807, 2.05) is 0 Å². The fourth-order valence-electron chi connectivity index (χ4n) is 1.56. The van der Waals surface area contributed by atoms with Gasteiger partial charge in [-0.2, -0.15) is 0 Å². The first-order valence-corrected chi connectivity index (χ1v) is 5.49. The average Bonchev–Trinajstić information content (AvgIpc) is 2.87. The number of phenolic OH excluding ortho intramolecular Hbond substituents is 1. The van der Waals surface area contributed by atoms with Crippen molar-refractivity contribution in [2.24, 2.45) is 0 Å². The largest absolute Gasteiger partial charge is 0.505 e. The zero-order valence-electron chi connectivity index (χ0n) is 10.1. The summed E-state index contributed by atoms with van der Waals surface area (Å²) in [6, 6.07) is 5.55. The van der Waals surface area contributed by atoms with Gasteiger partial charge in [0.25, 0.3) is 0 Å². The quantitative estimate of drug-likeness (QED) is 0.656. The summed E-state index contributed by atoms with van der Waals surface area (Å²) in [6.07, 6.45) is 1.38. The zero-order valence-corrected chi connectivity index (χ0v) is 10.1. The normalized spacial score (nSPS) is 10.2. The van der Waals surface area contributed by atoms with Crippen LogP contribution < -0.4 is 5.32 Å². The van der Waals surface area contributed by atoms with Crippen molar-refractivity contribution in [3.63, 3.8) is 0 Å². The second-order valence-electron chi connectivity index (χ2n) is 3.79. The molecule has 0 amide bonds. The van der Waals surface area contributed by atoms with Crippen LogP contribution in [0.15, 0.2) is 34.9 Å². The number of hydrogen-bond donors (Lipinski definition) is 2. The number of phenols is 1. The summed E-state index contributed by atoms with van der Waals surface area (Å²) >= 11 is 0. The number of carbonyl (C=O) groups is 1. The van der Waals surface area contributed by atoms with Gasteiger partial charge in [0.05, 0.1) is 13.4 Å². The minimum absolute atomic E-state index is 0.106. The van der Waals surface area contributed by atoms with Gasteiger partial charge in [0.1, 0.15) is 0 Å². The number of furan rings is 1. The van der Waals surface area contributed by atoms with Crippen molar-refractivity contribution in [2.45, 2.75) is 6.54 Å². The number of esters is 1. The summed E-state index contributed by atoms with van der Waals surface area (Å²) < 4.78 is 22.7. The van der Waals surface area contributed by atoms with Gasteiger partial charge in [-0.05, 0) is 18.2 Å². The smallest absolute Gasteiger partial charge is 0.374 e. The Bertz CT molecular complexity index is 594. The summed E-state index contributed by atoms with van der Waals surface area (Å²) in [5, 5.41) is 12.0. The molecule has 2 N–H and O–H groups in total. The van der Waals surface area contributed by atoms with Gasteiger partial charge in [-0.1, -0.05) is 0 Å². The molecule has 100 valence electrons. The SMILES string of the molecule is COC(=O)c1occc1CNc1ccc(O)c(F)c1. The number of nitrogens with one attached hydrogen (secondary N) is 1. The average molecular weight is 265 g/mol. The van der Waals surface area contributed by atoms with E-state index in [-0.39, 0.29) is 12.3 Å². The van der Waals surface area contributed by atoms with Gasteiger partial charge in [0.15, 0.2) is 11.6 Å². The van der Waals surface area contributed by atoms with Crippen LogP contribution in [0.5, 0.6) is 5.75 Å². The van der Waals surface area contributed by atoms with E-state index in [2.05, 4.69) is 10.1 Å². The van der Waals surface area contributed by atoms with Crippen LogP contribution in [-0.4, -0.2) is 18.2 Å². The van der Waals surface area contributed by atoms with Crippen LogP contribution in [0.4, 0.5) is 10.1 Å². The lowest BCUT2D eigenvalue weighted by Crippen LogP contribution is -2.06. The Morgan fingerprint density at radius 2 is 2.26 bits per heavy atom. The molecule has 6 heteroatoms. The predicted octanol–water partition coefficient (Wildman–Crippen LogP) is 2.52. The molecule has 1 aromatic carbocycles. The Morgan fingerprint density at radius 3 is 2.95 bits per heavy atom. The lowest BCUT2D eigenvalue weighted by Gasteiger charge is -2.06. The predicted molar refractivity (Wildman–Crippen MR) is 65.4 cm³/mol. The van der Waals surface area contributed by atoms with Crippen LogP contribution in [-0.2, 0) is 11.3 Å². The number of aromatic hydroxyl groups is 1. The minimum Gasteiger partial charge on any atom is -0.505 e. The lowest BCUT2D eigenvalue weighted by atomic mass is 10.2. The Morgan fingerprint density at radius 1 is 1.47 bits per heavy atom. The third-order valence-corrected chi connectivity index (χ3v) is 2.55. The molecule has 0 fully saturated rings. The topological polar surface area (TPSA) is 71.7 Å². The van der Waals surface area contributed by atoms with E-state index in [0.29, 0.717) is 11.3 Å². The Balaban J connectivity index is 2.08. The van der Waals surface area contributed by atoms with Gasteiger partial charge in [-0.25, -0.2) is 9.18 Å². The van der Waals surface area contributed by atoms with Gasteiger partial charge >= 0.3 is 5.97 Å². The number of methoxy groups -OCH3 is 1. The van der Waals surface area contributed by atoms with Crippen molar-refractivity contribution in [3.05, 3.63) is 47.7 Å². The monoisotopic (exact) mass is 265 g/mol. The standard InChI is InChI=1S/C13H12FNO4/c1-18-13(17)12-8(4-5-19-12)7-15-9-2-3-11(16)10(14)6-9/h2-6,15-16H,7H2,1H3. The molecule has 0 atom stereocenters. The number of anilines is 1. The maximum absolute atomic E-state index is 13.1. The van der Waals surface area contributed by atoms with E-state index in [1.54, 1.807) is 6.07 Å². The molecule has 19 heavy (non-hydrogen) atoms. The molecule has 0 spiro atoms. The molecule has 0 saturated heterocycles. The number of halogens is 1. The van der Waals surface area contributed by atoms with Crippen LogP contribution in [0.25, 0.3) is 0 Å². The first-order chi connectivity index (χ1) is 9.11. The highest BCUT2D eigenvalue weighted by molar-refractivity contribution is 5.87. The number of benzene rings is 1. The number of ether oxygens (including phenoxy) is 1. The molecular formula is C13H12FNO4. The van der Waals surface area contributed by atoms with E-state index in [1.165, 1.54) is 25.5 Å². The van der Waals surface area contributed by atoms with Crippen LogP contribution in [0, 0.1) is 5.82 Å². The first-order valence-electron chi connectivity index (χ1n) is 5.49. The molecule has 0 saturated carbocycles. The molecule has 2 rings (SSSR count). The van der Waals surface area contributed by atoms with Gasteiger partial charge in [-0.15, -0.1) is 0 Å². The van der Waals surface area contributed by atoms with E-state index in [0.717, 1.165) is 6.07 Å². The van der Waals surface area contributed by atoms with Crippen molar-refractivity contribution < 1.29 is 23.4 Å². The minimum atomic E-state index is -0.717. The molecule has 2 aromatic rings. The molecular weight excluding hydrogens is 253 g/mol. The van der Waals surface area contributed by atoms with Crippen molar-refractivity contribution in [1.82, 2.24) is 0 Å². The van der Waals surface area contributed by atoms with Crippen LogP contribution in [0.3, 0.4) is 0 Å². The summed E-state index contributed by atoms with van der Waals surface area (Å²) in [5.74, 6) is -1.59. The number of rotatable bonds is 4. The first kappa shape index (κ1) is 12.9. The Kier molecular flexibility index (Phi) is 3.70. The second kappa shape index (κ2) is 5.43. The molecule has 0 aliphatic carbocycles. The fourth-order valence-corrected chi connectivity index (χ4v) is 1.56. The molecule has 1 aromatic heterocycles. The van der Waals surface area contributed by atoms with Crippen LogP contribution >= 0.6 is 0 Å².